The Bertz CT molecular complexity index is 1690. The zero-order chi connectivity index (χ0) is 31.9. The number of amides is 1. The van der Waals surface area contributed by atoms with Crippen LogP contribution in [0.5, 0.6) is 17.2 Å². The van der Waals surface area contributed by atoms with Crippen molar-refractivity contribution in [1.82, 2.24) is 5.32 Å². The number of ether oxygens (including phenoxy) is 3. The van der Waals surface area contributed by atoms with Crippen LogP contribution in [0.4, 0.5) is 5.69 Å². The number of benzene rings is 2. The van der Waals surface area contributed by atoms with Crippen LogP contribution < -0.4 is 30.3 Å². The molecular formula is C38H46N2O5. The van der Waals surface area contributed by atoms with Gasteiger partial charge in [0, 0.05) is 19.0 Å². The molecule has 0 aromatic heterocycles. The van der Waals surface area contributed by atoms with Crippen molar-refractivity contribution in [3.05, 3.63) is 81.0 Å². The maximum Gasteiger partial charge on any atom is 0.217 e. The lowest BCUT2D eigenvalue weighted by atomic mass is 9.50. The highest BCUT2D eigenvalue weighted by atomic mass is 16.5. The summed E-state index contributed by atoms with van der Waals surface area (Å²) >= 11 is 0. The molecule has 0 aliphatic heterocycles. The minimum atomic E-state index is -0.335. The van der Waals surface area contributed by atoms with Crippen LogP contribution in [0.1, 0.15) is 81.2 Å². The first kappa shape index (κ1) is 31.0. The lowest BCUT2D eigenvalue weighted by Crippen LogP contribution is -2.51. The van der Waals surface area contributed by atoms with Crippen molar-refractivity contribution in [3.8, 4) is 28.4 Å². The molecule has 4 atom stereocenters. The molecule has 0 heterocycles. The van der Waals surface area contributed by atoms with E-state index in [2.05, 4.69) is 48.7 Å². The van der Waals surface area contributed by atoms with Crippen molar-refractivity contribution in [2.75, 3.05) is 33.2 Å². The van der Waals surface area contributed by atoms with Crippen LogP contribution in [-0.4, -0.2) is 33.8 Å². The zero-order valence-corrected chi connectivity index (χ0v) is 27.5. The van der Waals surface area contributed by atoms with Crippen LogP contribution in [0.15, 0.2) is 53.3 Å². The van der Waals surface area contributed by atoms with Gasteiger partial charge in [0.15, 0.2) is 11.5 Å². The van der Waals surface area contributed by atoms with Gasteiger partial charge in [0.25, 0.3) is 0 Å². The Balaban J connectivity index is 1.41. The van der Waals surface area contributed by atoms with Gasteiger partial charge in [0.2, 0.25) is 17.1 Å². The van der Waals surface area contributed by atoms with Gasteiger partial charge in [0.1, 0.15) is 0 Å². The average Bonchev–Trinajstić information content (AvgIpc) is 3.27. The van der Waals surface area contributed by atoms with Crippen LogP contribution in [0.3, 0.4) is 0 Å². The van der Waals surface area contributed by atoms with Crippen molar-refractivity contribution >= 4 is 11.6 Å². The smallest absolute Gasteiger partial charge is 0.217 e. The first-order valence-corrected chi connectivity index (χ1v) is 16.2. The maximum absolute atomic E-state index is 14.0. The standard InChI is InChI=1S/C38H46N2O5/c1-23(41)40-29-15-12-25-20-32(43-4)35(44-5)36(45-6)34(25)26-14-16-30(31(42)21-27(26)29)39-22-37(2)18-9-19-38(3)28-11-8-7-10-24(28)13-17-33(37)38/h7-8,10-11,14,16,20-21,29,33H,9,12-13,15,17-19,22H2,1-6H3,(H,39,42)(H,40,41)/t29-,33+,37+,38-/m0/s1. The molecule has 1 fully saturated rings. The molecule has 45 heavy (non-hydrogen) atoms. The highest BCUT2D eigenvalue weighted by Gasteiger charge is 2.51. The van der Waals surface area contributed by atoms with Gasteiger partial charge in [-0.25, -0.2) is 0 Å². The van der Waals surface area contributed by atoms with Crippen LogP contribution in [0.2, 0.25) is 0 Å². The van der Waals surface area contributed by atoms with Gasteiger partial charge in [-0.2, -0.15) is 0 Å². The predicted octanol–water partition coefficient (Wildman–Crippen LogP) is 6.99. The first-order valence-electron chi connectivity index (χ1n) is 16.2. The molecule has 1 saturated carbocycles. The molecular weight excluding hydrogens is 564 g/mol. The summed E-state index contributed by atoms with van der Waals surface area (Å²) in [4.78, 5) is 26.3. The maximum atomic E-state index is 14.0. The molecule has 3 aromatic rings. The molecule has 0 spiro atoms. The van der Waals surface area contributed by atoms with Crippen LogP contribution in [-0.2, 0) is 23.1 Å². The second-order valence-electron chi connectivity index (χ2n) is 13.6. The molecule has 0 saturated heterocycles. The van der Waals surface area contributed by atoms with Gasteiger partial charge in [-0.05, 0) is 101 Å². The minimum absolute atomic E-state index is 0.0386. The van der Waals surface area contributed by atoms with Crippen LogP contribution in [0, 0.1) is 11.3 Å². The van der Waals surface area contributed by atoms with Gasteiger partial charge in [-0.15, -0.1) is 0 Å². The Labute approximate surface area is 266 Å². The third kappa shape index (κ3) is 5.34. The molecule has 7 nitrogen and oxygen atoms in total. The number of rotatable bonds is 7. The summed E-state index contributed by atoms with van der Waals surface area (Å²) in [7, 11) is 4.82. The summed E-state index contributed by atoms with van der Waals surface area (Å²) < 4.78 is 17.3. The molecule has 238 valence electrons. The van der Waals surface area contributed by atoms with E-state index in [1.54, 1.807) is 27.4 Å². The minimum Gasteiger partial charge on any atom is -0.493 e. The van der Waals surface area contributed by atoms with E-state index in [1.807, 2.05) is 18.2 Å². The summed E-state index contributed by atoms with van der Waals surface area (Å²) in [5.74, 6) is 2.01. The van der Waals surface area contributed by atoms with E-state index < -0.39 is 0 Å². The molecule has 1 amide bonds. The Morgan fingerprint density at radius 3 is 2.40 bits per heavy atom. The normalized spacial score (nSPS) is 24.9. The topological polar surface area (TPSA) is 85.9 Å². The van der Waals surface area contributed by atoms with Gasteiger partial charge in [-0.3, -0.25) is 9.59 Å². The SMILES string of the molecule is COc1cc2c(c(OC)c1OC)-c1ccc(NC[C@@]3(C)CCC[C@@]4(C)c5ccccc5CC[C@H]34)c(=O)cc1[C@@H](NC(C)=O)CC2. The molecule has 7 heteroatoms. The molecule has 6 rings (SSSR count). The number of carbonyl (C=O) groups excluding carboxylic acids is 1. The number of aryl methyl sites for hydroxylation is 2. The van der Waals surface area contributed by atoms with Crippen molar-refractivity contribution in [2.45, 2.75) is 77.2 Å². The number of carbonyl (C=O) groups is 1. The second kappa shape index (κ2) is 12.1. The molecule has 0 radical (unpaired) electrons. The van der Waals surface area contributed by atoms with E-state index in [4.69, 9.17) is 14.2 Å². The van der Waals surface area contributed by atoms with E-state index in [-0.39, 0.29) is 28.2 Å². The van der Waals surface area contributed by atoms with Crippen LogP contribution in [0.25, 0.3) is 11.1 Å². The molecule has 2 N–H and O–H groups in total. The van der Waals surface area contributed by atoms with Gasteiger partial charge in [0.05, 0.1) is 33.1 Å². The van der Waals surface area contributed by atoms with Crippen molar-refractivity contribution in [3.63, 3.8) is 0 Å². The fourth-order valence-electron chi connectivity index (χ4n) is 8.92. The highest BCUT2D eigenvalue weighted by molar-refractivity contribution is 5.83. The first-order chi connectivity index (χ1) is 21.6. The lowest BCUT2D eigenvalue weighted by Gasteiger charge is -2.55. The molecule has 0 bridgehead atoms. The molecule has 3 aromatic carbocycles. The molecule has 0 unspecified atom stereocenters. The molecule has 3 aliphatic carbocycles. The van der Waals surface area contributed by atoms with E-state index in [0.29, 0.717) is 41.7 Å². The fourth-order valence-corrected chi connectivity index (χ4v) is 8.92. The summed E-state index contributed by atoms with van der Waals surface area (Å²) in [5.41, 5.74) is 7.12. The third-order valence-electron chi connectivity index (χ3n) is 11.0. The predicted molar refractivity (Wildman–Crippen MR) is 179 cm³/mol. The Morgan fingerprint density at radius 1 is 0.911 bits per heavy atom. The van der Waals surface area contributed by atoms with Crippen molar-refractivity contribution in [1.29, 1.82) is 0 Å². The third-order valence-corrected chi connectivity index (χ3v) is 11.0. The fraction of sp³-hybridized carbons (Fsp3) is 0.474. The van der Waals surface area contributed by atoms with E-state index in [1.165, 1.54) is 30.9 Å². The lowest BCUT2D eigenvalue weighted by molar-refractivity contribution is -0.119. The Kier molecular flexibility index (Phi) is 8.31. The van der Waals surface area contributed by atoms with Gasteiger partial charge >= 0.3 is 0 Å². The number of fused-ring (bicyclic) bond motifs is 6. The Hall–Kier alpha value is -4.00. The summed E-state index contributed by atoms with van der Waals surface area (Å²) in [5, 5.41) is 6.73. The molecule has 3 aliphatic rings. The number of methoxy groups -OCH3 is 3. The summed E-state index contributed by atoms with van der Waals surface area (Å²) in [6.07, 6.45) is 7.05. The number of nitrogens with one attached hydrogen (secondary N) is 2. The summed E-state index contributed by atoms with van der Waals surface area (Å²) in [6, 6.07) is 16.2. The van der Waals surface area contributed by atoms with Crippen molar-refractivity contribution < 1.29 is 19.0 Å². The Morgan fingerprint density at radius 2 is 1.67 bits per heavy atom. The number of hydrogen-bond acceptors (Lipinski definition) is 6. The van der Waals surface area contributed by atoms with E-state index in [0.717, 1.165) is 48.1 Å². The average molecular weight is 611 g/mol. The van der Waals surface area contributed by atoms with Crippen LogP contribution >= 0.6 is 0 Å². The number of anilines is 1. The highest BCUT2D eigenvalue weighted by Crippen LogP contribution is 2.57. The van der Waals surface area contributed by atoms with E-state index in [9.17, 15) is 9.59 Å². The largest absolute Gasteiger partial charge is 0.493 e. The van der Waals surface area contributed by atoms with Gasteiger partial charge < -0.3 is 24.8 Å². The monoisotopic (exact) mass is 610 g/mol. The number of hydrogen-bond donors (Lipinski definition) is 2. The second-order valence-corrected chi connectivity index (χ2v) is 13.6. The van der Waals surface area contributed by atoms with Gasteiger partial charge in [-0.1, -0.05) is 50.6 Å². The summed E-state index contributed by atoms with van der Waals surface area (Å²) in [6.45, 7) is 7.11. The quantitative estimate of drug-likeness (QED) is 0.300. The van der Waals surface area contributed by atoms with E-state index >= 15 is 0 Å². The van der Waals surface area contributed by atoms with Crippen molar-refractivity contribution in [2.24, 2.45) is 11.3 Å². The zero-order valence-electron chi connectivity index (χ0n) is 27.5.